The van der Waals surface area contributed by atoms with E-state index in [0.717, 1.165) is 12.1 Å². The molecule has 0 aliphatic rings. The van der Waals surface area contributed by atoms with Crippen LogP contribution in [0.2, 0.25) is 5.02 Å². The summed E-state index contributed by atoms with van der Waals surface area (Å²) in [5, 5.41) is 11.0. The number of benzene rings is 2. The summed E-state index contributed by atoms with van der Waals surface area (Å²) >= 11 is 5.93. The number of aliphatic hydroxyl groups excluding tert-OH is 1. The van der Waals surface area contributed by atoms with Gasteiger partial charge in [0.1, 0.15) is 5.75 Å². The molecule has 0 fully saturated rings. The summed E-state index contributed by atoms with van der Waals surface area (Å²) < 4.78 is 60.1. The summed E-state index contributed by atoms with van der Waals surface area (Å²) in [6, 6.07) is 11.3. The molecule has 4 nitrogen and oxygen atoms in total. The van der Waals surface area contributed by atoms with E-state index in [9.17, 15) is 27.5 Å². The number of rotatable bonds is 9. The zero-order valence-electron chi connectivity index (χ0n) is 15.3. The molecule has 29 heavy (non-hydrogen) atoms. The molecule has 0 bridgehead atoms. The molecular formula is C20H19ClF4O4. The normalized spacial score (nSPS) is 13.8. The number of ether oxygens (including phenoxy) is 2. The van der Waals surface area contributed by atoms with Crippen molar-refractivity contribution in [1.82, 2.24) is 0 Å². The summed E-state index contributed by atoms with van der Waals surface area (Å²) in [6.07, 6.45) is -10.0. The van der Waals surface area contributed by atoms with E-state index < -0.39 is 36.3 Å². The van der Waals surface area contributed by atoms with Crippen LogP contribution in [0.3, 0.4) is 0 Å². The highest BCUT2D eigenvalue weighted by Gasteiger charge is 2.44. The van der Waals surface area contributed by atoms with E-state index in [1.807, 2.05) is 0 Å². The highest BCUT2D eigenvalue weighted by atomic mass is 35.5. The number of carbonyl (C=O) groups excluding carboxylic acids is 1. The molecular weight excluding hydrogens is 416 g/mol. The van der Waals surface area contributed by atoms with Crippen molar-refractivity contribution in [1.29, 1.82) is 0 Å². The fraction of sp³-hybridized carbons (Fsp3) is 0.350. The van der Waals surface area contributed by atoms with Crippen molar-refractivity contribution in [2.75, 3.05) is 6.61 Å². The first-order chi connectivity index (χ1) is 13.6. The van der Waals surface area contributed by atoms with Gasteiger partial charge in [-0.05, 0) is 48.7 Å². The van der Waals surface area contributed by atoms with Crippen LogP contribution in [0.25, 0.3) is 0 Å². The van der Waals surface area contributed by atoms with Crippen molar-refractivity contribution in [3.05, 3.63) is 64.7 Å². The lowest BCUT2D eigenvalue weighted by atomic mass is 9.89. The van der Waals surface area contributed by atoms with Gasteiger partial charge in [0, 0.05) is 5.02 Å². The fourth-order valence-corrected chi connectivity index (χ4v) is 2.89. The Morgan fingerprint density at radius 2 is 1.86 bits per heavy atom. The van der Waals surface area contributed by atoms with Crippen molar-refractivity contribution in [2.45, 2.75) is 32.0 Å². The highest BCUT2D eigenvalue weighted by molar-refractivity contribution is 6.30. The average molecular weight is 435 g/mol. The van der Waals surface area contributed by atoms with E-state index in [2.05, 4.69) is 4.74 Å². The molecule has 0 heterocycles. The third-order valence-corrected chi connectivity index (χ3v) is 4.26. The predicted octanol–water partition coefficient (Wildman–Crippen LogP) is 5.03. The Labute approximate surface area is 170 Å². The lowest BCUT2D eigenvalue weighted by Crippen LogP contribution is -2.33. The quantitative estimate of drug-likeness (QED) is 0.444. The minimum absolute atomic E-state index is 0.0708. The third kappa shape index (κ3) is 6.33. The molecule has 2 rings (SSSR count). The standard InChI is InChI=1S/C20H19ClF4O4/c1-2-28-18(27)16(17(26)13-6-4-7-14(21)11-13)10-12-5-3-8-15(9-12)29-20(24,25)19(22)23/h3-9,11,16-17,19,26H,2,10H2,1H3. The maximum absolute atomic E-state index is 13.1. The van der Waals surface area contributed by atoms with Gasteiger partial charge in [0.25, 0.3) is 0 Å². The molecule has 158 valence electrons. The van der Waals surface area contributed by atoms with Gasteiger partial charge in [-0.15, -0.1) is 0 Å². The minimum atomic E-state index is -4.65. The smallest absolute Gasteiger partial charge is 0.461 e. The van der Waals surface area contributed by atoms with Crippen molar-refractivity contribution < 1.29 is 36.9 Å². The molecule has 2 unspecified atom stereocenters. The second-order valence-electron chi connectivity index (χ2n) is 6.17. The van der Waals surface area contributed by atoms with Crippen LogP contribution in [0, 0.1) is 5.92 Å². The minimum Gasteiger partial charge on any atom is -0.466 e. The number of hydrogen-bond acceptors (Lipinski definition) is 4. The molecule has 9 heteroatoms. The van der Waals surface area contributed by atoms with Crippen molar-refractivity contribution >= 4 is 17.6 Å². The first-order valence-electron chi connectivity index (χ1n) is 8.68. The van der Waals surface area contributed by atoms with Gasteiger partial charge in [-0.3, -0.25) is 4.79 Å². The van der Waals surface area contributed by atoms with Crippen molar-refractivity contribution in [3.8, 4) is 5.75 Å². The number of hydrogen-bond donors (Lipinski definition) is 1. The summed E-state index contributed by atoms with van der Waals surface area (Å²) in [5.41, 5.74) is 0.680. The molecule has 0 amide bonds. The highest BCUT2D eigenvalue weighted by Crippen LogP contribution is 2.31. The molecule has 0 aliphatic carbocycles. The summed E-state index contributed by atoms with van der Waals surface area (Å²) in [7, 11) is 0. The molecule has 1 N–H and O–H groups in total. The zero-order valence-corrected chi connectivity index (χ0v) is 16.1. The monoisotopic (exact) mass is 434 g/mol. The van der Waals surface area contributed by atoms with E-state index in [1.54, 1.807) is 25.1 Å². The number of halogens is 5. The first-order valence-corrected chi connectivity index (χ1v) is 9.06. The zero-order chi connectivity index (χ0) is 21.6. The van der Waals surface area contributed by atoms with Gasteiger partial charge in [0.2, 0.25) is 0 Å². The van der Waals surface area contributed by atoms with Crippen LogP contribution in [-0.4, -0.2) is 30.2 Å². The van der Waals surface area contributed by atoms with Crippen LogP contribution in [0.4, 0.5) is 17.6 Å². The summed E-state index contributed by atoms with van der Waals surface area (Å²) in [6.45, 7) is 1.67. The number of alkyl halides is 4. The molecule has 0 radical (unpaired) electrons. The maximum atomic E-state index is 13.1. The Morgan fingerprint density at radius 1 is 1.17 bits per heavy atom. The molecule has 2 aromatic carbocycles. The fourth-order valence-electron chi connectivity index (χ4n) is 2.69. The van der Waals surface area contributed by atoms with Crippen LogP contribution in [0.1, 0.15) is 24.2 Å². The largest absolute Gasteiger partial charge is 0.466 e. The SMILES string of the molecule is CCOC(=O)C(Cc1cccc(OC(F)(F)C(F)F)c1)C(O)c1cccc(Cl)c1. The Balaban J connectivity index is 2.27. The van der Waals surface area contributed by atoms with Gasteiger partial charge in [0.05, 0.1) is 18.6 Å². The third-order valence-electron chi connectivity index (χ3n) is 4.02. The van der Waals surface area contributed by atoms with Gasteiger partial charge in [-0.2, -0.15) is 17.6 Å². The first kappa shape index (κ1) is 23.0. The second kappa shape index (κ2) is 9.93. The lowest BCUT2D eigenvalue weighted by Gasteiger charge is -2.22. The number of esters is 1. The molecule has 0 saturated heterocycles. The average Bonchev–Trinajstić information content (AvgIpc) is 2.65. The van der Waals surface area contributed by atoms with Gasteiger partial charge >= 0.3 is 18.5 Å². The van der Waals surface area contributed by atoms with E-state index in [1.165, 1.54) is 18.2 Å². The number of carbonyl (C=O) groups is 1. The van der Waals surface area contributed by atoms with Crippen molar-refractivity contribution in [3.63, 3.8) is 0 Å². The molecule has 2 atom stereocenters. The Hall–Kier alpha value is -2.32. The van der Waals surface area contributed by atoms with Crippen LogP contribution in [0.5, 0.6) is 5.75 Å². The Bertz CT molecular complexity index is 832. The Kier molecular flexibility index (Phi) is 7.87. The summed E-state index contributed by atoms with van der Waals surface area (Å²) in [4.78, 5) is 12.4. The van der Waals surface area contributed by atoms with Crippen molar-refractivity contribution in [2.24, 2.45) is 5.92 Å². The molecule has 2 aromatic rings. The Morgan fingerprint density at radius 3 is 2.48 bits per heavy atom. The lowest BCUT2D eigenvalue weighted by molar-refractivity contribution is -0.253. The van der Waals surface area contributed by atoms with Crippen LogP contribution >= 0.6 is 11.6 Å². The van der Waals surface area contributed by atoms with Gasteiger partial charge in [0.15, 0.2) is 0 Å². The van der Waals surface area contributed by atoms with Crippen LogP contribution < -0.4 is 4.74 Å². The van der Waals surface area contributed by atoms with Gasteiger partial charge in [-0.25, -0.2) is 0 Å². The van der Waals surface area contributed by atoms with E-state index >= 15 is 0 Å². The predicted molar refractivity (Wildman–Crippen MR) is 98.3 cm³/mol. The van der Waals surface area contributed by atoms with Crippen LogP contribution in [0.15, 0.2) is 48.5 Å². The molecule has 0 saturated carbocycles. The van der Waals surface area contributed by atoms with E-state index in [0.29, 0.717) is 16.1 Å². The molecule has 0 aliphatic heterocycles. The van der Waals surface area contributed by atoms with Gasteiger partial charge < -0.3 is 14.6 Å². The van der Waals surface area contributed by atoms with E-state index in [-0.39, 0.29) is 13.0 Å². The van der Waals surface area contributed by atoms with Gasteiger partial charge in [-0.1, -0.05) is 35.9 Å². The number of aliphatic hydroxyl groups is 1. The summed E-state index contributed by atoms with van der Waals surface area (Å²) in [5.74, 6) is -2.28. The maximum Gasteiger partial charge on any atom is 0.461 e. The van der Waals surface area contributed by atoms with E-state index in [4.69, 9.17) is 16.3 Å². The molecule has 0 aromatic heterocycles. The molecule has 0 spiro atoms. The second-order valence-corrected chi connectivity index (χ2v) is 6.61. The topological polar surface area (TPSA) is 55.8 Å². The van der Waals surface area contributed by atoms with Crippen LogP contribution in [-0.2, 0) is 16.0 Å².